The summed E-state index contributed by atoms with van der Waals surface area (Å²) in [7, 11) is -3.26. The van der Waals surface area contributed by atoms with Crippen LogP contribution >= 0.6 is 11.3 Å². The fraction of sp³-hybridized carbons (Fsp3) is 0.619. The van der Waals surface area contributed by atoms with E-state index in [1.165, 1.54) is 0 Å². The molecule has 0 bridgehead atoms. The number of thiophene rings is 1. The van der Waals surface area contributed by atoms with E-state index in [1.807, 2.05) is 0 Å². The number of urea groups is 1. The van der Waals surface area contributed by atoms with E-state index in [4.69, 9.17) is 4.74 Å². The first kappa shape index (κ1) is 23.7. The summed E-state index contributed by atoms with van der Waals surface area (Å²) in [5.41, 5.74) is -0.0607. The van der Waals surface area contributed by atoms with Crippen molar-refractivity contribution in [2.24, 2.45) is 0 Å². The lowest BCUT2D eigenvalue weighted by atomic mass is 9.82. The van der Waals surface area contributed by atoms with Crippen LogP contribution in [0.15, 0.2) is 0 Å². The summed E-state index contributed by atoms with van der Waals surface area (Å²) in [6.45, 7) is 1.73. The molecule has 10 nitrogen and oxygen atoms in total. The number of nitrogens with one attached hydrogen (secondary N) is 2. The van der Waals surface area contributed by atoms with Gasteiger partial charge in [0.25, 0.3) is 5.91 Å². The van der Waals surface area contributed by atoms with E-state index >= 15 is 0 Å². The van der Waals surface area contributed by atoms with Crippen molar-refractivity contribution in [1.82, 2.24) is 10.2 Å². The number of rotatable bonds is 6. The van der Waals surface area contributed by atoms with Crippen LogP contribution in [0.5, 0.6) is 0 Å². The summed E-state index contributed by atoms with van der Waals surface area (Å²) in [6, 6.07) is -0.487. The average Bonchev–Trinajstić information content (AvgIpc) is 3.20. The van der Waals surface area contributed by atoms with Crippen molar-refractivity contribution in [1.29, 1.82) is 0 Å². The Bertz CT molecular complexity index is 1100. The minimum absolute atomic E-state index is 0.0650. The lowest BCUT2D eigenvalue weighted by Gasteiger charge is -2.30. The summed E-state index contributed by atoms with van der Waals surface area (Å²) in [4.78, 5) is 52.1. The SMILES string of the molecule is CCOC(=O)c1c(NC(=O)CCN2C(=O)NC3(CCCCC3)C2=O)sc2c1CCS(=O)(=O)C2. The van der Waals surface area contributed by atoms with Gasteiger partial charge >= 0.3 is 12.0 Å². The molecule has 1 aliphatic carbocycles. The quantitative estimate of drug-likeness (QED) is 0.452. The Morgan fingerprint density at radius 1 is 1.21 bits per heavy atom. The molecule has 33 heavy (non-hydrogen) atoms. The molecule has 3 heterocycles. The van der Waals surface area contributed by atoms with Crippen molar-refractivity contribution in [3.05, 3.63) is 16.0 Å². The van der Waals surface area contributed by atoms with Crippen LogP contribution < -0.4 is 10.6 Å². The minimum atomic E-state index is -3.26. The summed E-state index contributed by atoms with van der Waals surface area (Å²) in [6.07, 6.45) is 4.02. The maximum atomic E-state index is 12.9. The number of amides is 4. The van der Waals surface area contributed by atoms with Crippen LogP contribution in [0.1, 0.15) is 66.2 Å². The molecule has 3 aliphatic rings. The lowest BCUT2D eigenvalue weighted by Crippen LogP contribution is -2.48. The van der Waals surface area contributed by atoms with Crippen molar-refractivity contribution in [3.63, 3.8) is 0 Å². The molecule has 12 heteroatoms. The van der Waals surface area contributed by atoms with E-state index in [0.717, 1.165) is 35.5 Å². The zero-order valence-electron chi connectivity index (χ0n) is 18.4. The number of sulfone groups is 1. The van der Waals surface area contributed by atoms with Gasteiger partial charge in [-0.1, -0.05) is 19.3 Å². The van der Waals surface area contributed by atoms with Crippen molar-refractivity contribution in [3.8, 4) is 0 Å². The standard InChI is InChI=1S/C21H27N3O7S2/c1-2-31-18(26)16-13-7-11-33(29,30)12-14(13)32-17(16)22-15(25)6-10-24-19(27)21(23-20(24)28)8-4-3-5-9-21/h2-12H2,1H3,(H,22,25)(H,23,28). The molecule has 4 amide bonds. The fourth-order valence-corrected chi connectivity index (χ4v) is 7.76. The monoisotopic (exact) mass is 497 g/mol. The molecule has 1 saturated heterocycles. The zero-order chi connectivity index (χ0) is 23.8. The number of imide groups is 1. The fourth-order valence-electron chi connectivity index (χ4n) is 4.71. The van der Waals surface area contributed by atoms with Gasteiger partial charge in [-0.05, 0) is 31.7 Å². The van der Waals surface area contributed by atoms with Crippen molar-refractivity contribution in [2.75, 3.05) is 24.2 Å². The largest absolute Gasteiger partial charge is 0.462 e. The highest BCUT2D eigenvalue weighted by Gasteiger charge is 2.51. The Kier molecular flexibility index (Phi) is 6.50. The van der Waals surface area contributed by atoms with Gasteiger partial charge in [-0.2, -0.15) is 0 Å². The molecule has 2 aliphatic heterocycles. The molecular formula is C21H27N3O7S2. The second kappa shape index (κ2) is 9.05. The van der Waals surface area contributed by atoms with Crippen molar-refractivity contribution in [2.45, 2.75) is 63.2 Å². The summed E-state index contributed by atoms with van der Waals surface area (Å²) < 4.78 is 29.2. The lowest BCUT2D eigenvalue weighted by molar-refractivity contribution is -0.132. The van der Waals surface area contributed by atoms with Crippen LogP contribution in [0.25, 0.3) is 0 Å². The molecule has 2 fully saturated rings. The molecular weight excluding hydrogens is 470 g/mol. The van der Waals surface area contributed by atoms with E-state index in [-0.39, 0.29) is 54.0 Å². The Balaban J connectivity index is 1.46. The Morgan fingerprint density at radius 2 is 1.94 bits per heavy atom. The highest BCUT2D eigenvalue weighted by Crippen LogP contribution is 2.38. The number of hydrogen-bond donors (Lipinski definition) is 2. The van der Waals surface area contributed by atoms with Gasteiger partial charge in [0.15, 0.2) is 9.84 Å². The number of fused-ring (bicyclic) bond motifs is 1. The molecule has 1 aromatic rings. The van der Waals surface area contributed by atoms with E-state index in [1.54, 1.807) is 6.92 Å². The molecule has 1 aromatic heterocycles. The van der Waals surface area contributed by atoms with Gasteiger partial charge in [-0.3, -0.25) is 14.5 Å². The van der Waals surface area contributed by atoms with Crippen LogP contribution in [-0.2, 0) is 36.3 Å². The highest BCUT2D eigenvalue weighted by molar-refractivity contribution is 7.90. The van der Waals surface area contributed by atoms with E-state index in [9.17, 15) is 27.6 Å². The van der Waals surface area contributed by atoms with Gasteiger partial charge in [-0.25, -0.2) is 18.0 Å². The highest BCUT2D eigenvalue weighted by atomic mass is 32.2. The normalized spacial score (nSPS) is 20.9. The number of anilines is 1. The van der Waals surface area contributed by atoms with Crippen LogP contribution in [-0.4, -0.2) is 61.6 Å². The second-order valence-electron chi connectivity index (χ2n) is 8.60. The average molecular weight is 498 g/mol. The number of carbonyl (C=O) groups is 4. The van der Waals surface area contributed by atoms with Gasteiger partial charge in [0.2, 0.25) is 5.91 Å². The number of carbonyl (C=O) groups excluding carboxylic acids is 4. The van der Waals surface area contributed by atoms with Gasteiger partial charge in [0, 0.05) is 17.8 Å². The number of ether oxygens (including phenoxy) is 1. The molecule has 4 rings (SSSR count). The number of hydrogen-bond acceptors (Lipinski definition) is 8. The minimum Gasteiger partial charge on any atom is -0.462 e. The van der Waals surface area contributed by atoms with Gasteiger partial charge in [0.1, 0.15) is 10.5 Å². The van der Waals surface area contributed by atoms with E-state index < -0.39 is 33.3 Å². The molecule has 1 spiro atoms. The Hall–Kier alpha value is -2.47. The van der Waals surface area contributed by atoms with E-state index in [2.05, 4.69) is 10.6 Å². The van der Waals surface area contributed by atoms with Crippen molar-refractivity contribution >= 4 is 50.0 Å². The maximum Gasteiger partial charge on any atom is 0.341 e. The molecule has 0 atom stereocenters. The summed E-state index contributed by atoms with van der Waals surface area (Å²) in [5, 5.41) is 5.72. The molecule has 0 unspecified atom stereocenters. The zero-order valence-corrected chi connectivity index (χ0v) is 20.0. The van der Waals surface area contributed by atoms with Gasteiger partial charge < -0.3 is 15.4 Å². The predicted octanol–water partition coefficient (Wildman–Crippen LogP) is 1.98. The first-order valence-electron chi connectivity index (χ1n) is 11.1. The molecule has 0 aromatic carbocycles. The summed E-state index contributed by atoms with van der Waals surface area (Å²) >= 11 is 1.05. The maximum absolute atomic E-state index is 12.9. The Morgan fingerprint density at radius 3 is 2.64 bits per heavy atom. The second-order valence-corrected chi connectivity index (χ2v) is 11.9. The number of esters is 1. The third-order valence-corrected chi connectivity index (χ3v) is 9.24. The molecule has 1 saturated carbocycles. The molecule has 180 valence electrons. The van der Waals surface area contributed by atoms with Crippen LogP contribution in [0.2, 0.25) is 0 Å². The van der Waals surface area contributed by atoms with Crippen LogP contribution in [0.3, 0.4) is 0 Å². The van der Waals surface area contributed by atoms with Gasteiger partial charge in [-0.15, -0.1) is 11.3 Å². The third kappa shape index (κ3) is 4.63. The smallest absolute Gasteiger partial charge is 0.341 e. The summed E-state index contributed by atoms with van der Waals surface area (Å²) in [5.74, 6) is -1.63. The Labute approximate surface area is 196 Å². The molecule has 0 radical (unpaired) electrons. The number of nitrogens with zero attached hydrogens (tertiary/aromatic N) is 1. The topological polar surface area (TPSA) is 139 Å². The first-order valence-corrected chi connectivity index (χ1v) is 13.8. The van der Waals surface area contributed by atoms with Crippen LogP contribution in [0, 0.1) is 0 Å². The third-order valence-electron chi connectivity index (χ3n) is 6.35. The predicted molar refractivity (Wildman–Crippen MR) is 121 cm³/mol. The van der Waals surface area contributed by atoms with Crippen LogP contribution in [0.4, 0.5) is 9.80 Å². The van der Waals surface area contributed by atoms with Gasteiger partial charge in [0.05, 0.1) is 23.7 Å². The van der Waals surface area contributed by atoms with Crippen molar-refractivity contribution < 1.29 is 32.3 Å². The van der Waals surface area contributed by atoms with E-state index in [0.29, 0.717) is 23.3 Å². The molecule has 2 N–H and O–H groups in total. The first-order chi connectivity index (χ1) is 15.7.